The molecule has 0 saturated carbocycles. The third-order valence-electron chi connectivity index (χ3n) is 2.48. The number of sulfonamides is 1. The monoisotopic (exact) mass is 282 g/mol. The van der Waals surface area contributed by atoms with Gasteiger partial charge in [0, 0.05) is 0 Å². The first kappa shape index (κ1) is 15.0. The number of carbonyl (C=O) groups excluding carboxylic acids is 1. The third-order valence-corrected chi connectivity index (χ3v) is 4.02. The number of hydrogen-bond donors (Lipinski definition) is 1. The first-order valence-electron chi connectivity index (χ1n) is 5.42. The Morgan fingerprint density at radius 3 is 2.63 bits per heavy atom. The highest BCUT2D eigenvalue weighted by atomic mass is 32.2. The van der Waals surface area contributed by atoms with Gasteiger partial charge < -0.3 is 4.74 Å². The van der Waals surface area contributed by atoms with E-state index in [1.54, 1.807) is 19.1 Å². The van der Waals surface area contributed by atoms with Crippen LogP contribution in [0, 0.1) is 18.3 Å². The molecule has 1 aromatic rings. The Hall–Kier alpha value is -2.07. The lowest BCUT2D eigenvalue weighted by Crippen LogP contribution is -2.25. The summed E-state index contributed by atoms with van der Waals surface area (Å²) in [5.74, 6) is -0.647. The number of nitriles is 1. The average molecular weight is 282 g/mol. The van der Waals surface area contributed by atoms with Gasteiger partial charge in [0.2, 0.25) is 10.0 Å². The summed E-state index contributed by atoms with van der Waals surface area (Å²) in [6.07, 6.45) is 0. The topological polar surface area (TPSA) is 96.3 Å². The van der Waals surface area contributed by atoms with Gasteiger partial charge in [0.25, 0.3) is 0 Å². The van der Waals surface area contributed by atoms with Crippen LogP contribution in [-0.2, 0) is 14.8 Å². The molecule has 1 unspecified atom stereocenters. The summed E-state index contributed by atoms with van der Waals surface area (Å²) in [5, 5.41) is 7.43. The smallest absolute Gasteiger partial charge is 0.340 e. The van der Waals surface area contributed by atoms with Crippen LogP contribution in [-0.4, -0.2) is 26.7 Å². The van der Waals surface area contributed by atoms with Gasteiger partial charge in [-0.25, -0.2) is 13.2 Å². The third kappa shape index (κ3) is 3.45. The SMILES string of the molecule is COC(=O)c1cc(C)ccc1NS(=O)(=O)C(C)C#N. The summed E-state index contributed by atoms with van der Waals surface area (Å²) < 4.78 is 30.4. The van der Waals surface area contributed by atoms with Gasteiger partial charge in [0.05, 0.1) is 24.4 Å². The number of benzene rings is 1. The van der Waals surface area contributed by atoms with Crippen molar-refractivity contribution in [3.8, 4) is 6.07 Å². The van der Waals surface area contributed by atoms with Gasteiger partial charge >= 0.3 is 5.97 Å². The fourth-order valence-electron chi connectivity index (χ4n) is 1.34. The lowest BCUT2D eigenvalue weighted by molar-refractivity contribution is 0.0602. The lowest BCUT2D eigenvalue weighted by atomic mass is 10.1. The highest BCUT2D eigenvalue weighted by molar-refractivity contribution is 7.93. The number of esters is 1. The normalized spacial score (nSPS) is 12.3. The Morgan fingerprint density at radius 2 is 2.11 bits per heavy atom. The molecule has 102 valence electrons. The maximum absolute atomic E-state index is 11.8. The summed E-state index contributed by atoms with van der Waals surface area (Å²) in [4.78, 5) is 11.6. The van der Waals surface area contributed by atoms with Gasteiger partial charge in [0.15, 0.2) is 5.25 Å². The fourth-order valence-corrected chi connectivity index (χ4v) is 2.14. The molecule has 7 heteroatoms. The van der Waals surface area contributed by atoms with Gasteiger partial charge in [-0.05, 0) is 26.0 Å². The molecular formula is C12H14N2O4S. The van der Waals surface area contributed by atoms with Crippen molar-refractivity contribution in [2.24, 2.45) is 0 Å². The molecule has 1 rings (SSSR count). The molecule has 0 aliphatic rings. The summed E-state index contributed by atoms with van der Waals surface area (Å²) in [7, 11) is -2.65. The molecular weight excluding hydrogens is 268 g/mol. The second-order valence-corrected chi connectivity index (χ2v) is 5.96. The molecule has 19 heavy (non-hydrogen) atoms. The van der Waals surface area contributed by atoms with Gasteiger partial charge in [-0.1, -0.05) is 11.6 Å². The standard InChI is InChI=1S/C12H14N2O4S/c1-8-4-5-11(10(6-8)12(15)18-3)14-19(16,17)9(2)7-13/h4-6,9,14H,1-3H3. The van der Waals surface area contributed by atoms with E-state index in [0.29, 0.717) is 0 Å². The zero-order valence-electron chi connectivity index (χ0n) is 10.8. The maximum Gasteiger partial charge on any atom is 0.340 e. The molecule has 0 bridgehead atoms. The minimum atomic E-state index is -3.86. The van der Waals surface area contributed by atoms with Crippen molar-refractivity contribution < 1.29 is 17.9 Å². The summed E-state index contributed by atoms with van der Waals surface area (Å²) in [6, 6.07) is 6.26. The first-order valence-corrected chi connectivity index (χ1v) is 6.96. The van der Waals surface area contributed by atoms with E-state index in [9.17, 15) is 13.2 Å². The van der Waals surface area contributed by atoms with Crippen molar-refractivity contribution in [3.63, 3.8) is 0 Å². The predicted molar refractivity (Wildman–Crippen MR) is 70.1 cm³/mol. The predicted octanol–water partition coefficient (Wildman–Crippen LogP) is 1.44. The number of methoxy groups -OCH3 is 1. The van der Waals surface area contributed by atoms with Gasteiger partial charge in [-0.15, -0.1) is 0 Å². The van der Waals surface area contributed by atoms with Crippen LogP contribution < -0.4 is 4.72 Å². The molecule has 0 fully saturated rings. The average Bonchev–Trinajstić information content (AvgIpc) is 2.38. The number of ether oxygens (including phenoxy) is 1. The highest BCUT2D eigenvalue weighted by Gasteiger charge is 2.23. The number of carbonyl (C=O) groups is 1. The van der Waals surface area contributed by atoms with Crippen molar-refractivity contribution >= 4 is 21.7 Å². The van der Waals surface area contributed by atoms with Crippen LogP contribution >= 0.6 is 0 Å². The van der Waals surface area contributed by atoms with E-state index < -0.39 is 21.2 Å². The summed E-state index contributed by atoms with van der Waals surface area (Å²) in [6.45, 7) is 3.02. The van der Waals surface area contributed by atoms with Crippen molar-refractivity contribution in [1.82, 2.24) is 0 Å². The fraction of sp³-hybridized carbons (Fsp3) is 0.333. The van der Waals surface area contributed by atoms with Crippen LogP contribution in [0.4, 0.5) is 5.69 Å². The molecule has 0 aromatic heterocycles. The van der Waals surface area contributed by atoms with Crippen LogP contribution in [0.1, 0.15) is 22.8 Å². The first-order chi connectivity index (χ1) is 8.81. The van der Waals surface area contributed by atoms with Crippen molar-refractivity contribution in [2.45, 2.75) is 19.1 Å². The largest absolute Gasteiger partial charge is 0.465 e. The number of hydrogen-bond acceptors (Lipinski definition) is 5. The van der Waals surface area contributed by atoms with E-state index in [-0.39, 0.29) is 11.3 Å². The van der Waals surface area contributed by atoms with Crippen LogP contribution in [0.5, 0.6) is 0 Å². The molecule has 0 heterocycles. The van der Waals surface area contributed by atoms with Crippen LogP contribution in [0.15, 0.2) is 18.2 Å². The Bertz CT molecular complexity index is 632. The van der Waals surface area contributed by atoms with E-state index in [4.69, 9.17) is 5.26 Å². The molecule has 0 amide bonds. The second-order valence-electron chi connectivity index (χ2n) is 3.96. The van der Waals surface area contributed by atoms with Crippen LogP contribution in [0.3, 0.4) is 0 Å². The molecule has 0 aliphatic heterocycles. The van der Waals surface area contributed by atoms with E-state index >= 15 is 0 Å². The van der Waals surface area contributed by atoms with E-state index in [1.807, 2.05) is 0 Å². The number of anilines is 1. The van der Waals surface area contributed by atoms with Crippen LogP contribution in [0.2, 0.25) is 0 Å². The molecule has 0 spiro atoms. The quantitative estimate of drug-likeness (QED) is 0.843. The number of nitrogens with one attached hydrogen (secondary N) is 1. The minimum absolute atomic E-state index is 0.0968. The summed E-state index contributed by atoms with van der Waals surface area (Å²) >= 11 is 0. The molecule has 0 saturated heterocycles. The van der Waals surface area contributed by atoms with E-state index in [0.717, 1.165) is 5.56 Å². The van der Waals surface area contributed by atoms with Crippen molar-refractivity contribution in [3.05, 3.63) is 29.3 Å². The molecule has 6 nitrogen and oxygen atoms in total. The Labute approximate surface area is 112 Å². The van der Waals surface area contributed by atoms with Crippen molar-refractivity contribution in [1.29, 1.82) is 5.26 Å². The van der Waals surface area contributed by atoms with Crippen molar-refractivity contribution in [2.75, 3.05) is 11.8 Å². The Kier molecular flexibility index (Phi) is 4.51. The highest BCUT2D eigenvalue weighted by Crippen LogP contribution is 2.20. The number of rotatable bonds is 4. The Morgan fingerprint density at radius 1 is 1.47 bits per heavy atom. The Balaban J connectivity index is 3.23. The maximum atomic E-state index is 11.8. The van der Waals surface area contributed by atoms with Gasteiger partial charge in [-0.3, -0.25) is 4.72 Å². The van der Waals surface area contributed by atoms with Gasteiger partial charge in [-0.2, -0.15) is 5.26 Å². The summed E-state index contributed by atoms with van der Waals surface area (Å²) in [5.41, 5.74) is 0.993. The zero-order valence-corrected chi connectivity index (χ0v) is 11.6. The van der Waals surface area contributed by atoms with E-state index in [1.165, 1.54) is 26.2 Å². The van der Waals surface area contributed by atoms with E-state index in [2.05, 4.69) is 9.46 Å². The zero-order chi connectivity index (χ0) is 14.6. The van der Waals surface area contributed by atoms with Gasteiger partial charge in [0.1, 0.15) is 0 Å². The molecule has 1 atom stereocenters. The lowest BCUT2D eigenvalue weighted by Gasteiger charge is -2.13. The molecule has 1 N–H and O–H groups in total. The van der Waals surface area contributed by atoms with Crippen LogP contribution in [0.25, 0.3) is 0 Å². The second kappa shape index (κ2) is 5.71. The number of aryl methyl sites for hydroxylation is 1. The minimum Gasteiger partial charge on any atom is -0.465 e. The number of nitrogens with zero attached hydrogens (tertiary/aromatic N) is 1. The molecule has 0 aliphatic carbocycles. The molecule has 1 aromatic carbocycles. The molecule has 0 radical (unpaired) electrons.